The van der Waals surface area contributed by atoms with E-state index in [0.29, 0.717) is 0 Å². The van der Waals surface area contributed by atoms with Crippen LogP contribution in [0.2, 0.25) is 0 Å². The average Bonchev–Trinajstić information content (AvgIpc) is 3.13. The third-order valence-corrected chi connectivity index (χ3v) is 5.34. The van der Waals surface area contributed by atoms with Gasteiger partial charge in [0.25, 0.3) is 0 Å². The lowest BCUT2D eigenvalue weighted by atomic mass is 9.98. The van der Waals surface area contributed by atoms with Crippen molar-refractivity contribution >= 4 is 12.1 Å². The number of hydrogen-bond donors (Lipinski definition) is 2. The van der Waals surface area contributed by atoms with E-state index in [9.17, 15) is 22.8 Å². The Bertz CT molecular complexity index is 1300. The van der Waals surface area contributed by atoms with Crippen LogP contribution in [-0.2, 0) is 4.74 Å². The van der Waals surface area contributed by atoms with Crippen LogP contribution >= 0.6 is 0 Å². The summed E-state index contributed by atoms with van der Waals surface area (Å²) in [4.78, 5) is 23.3. The van der Waals surface area contributed by atoms with E-state index in [1.807, 2.05) is 48.5 Å². The number of alkyl carbamates (subject to hydrolysis) is 1. The summed E-state index contributed by atoms with van der Waals surface area (Å²) in [7, 11) is 0. The third kappa shape index (κ3) is 5.55. The van der Waals surface area contributed by atoms with Crippen LogP contribution in [0.15, 0.2) is 66.7 Å². The first-order valence-corrected chi connectivity index (χ1v) is 10.4. The number of carboxylic acids is 1. The Hall–Kier alpha value is -4.45. The molecule has 3 aromatic carbocycles. The molecular weight excluding hydrogens is 463 g/mol. The number of halogens is 3. The van der Waals surface area contributed by atoms with Gasteiger partial charge in [-0.3, -0.25) is 0 Å². The van der Waals surface area contributed by atoms with Crippen molar-refractivity contribution in [2.24, 2.45) is 0 Å². The Morgan fingerprint density at radius 2 is 1.60 bits per heavy atom. The Labute approximate surface area is 198 Å². The maximum Gasteiger partial charge on any atom is 0.573 e. The molecule has 0 spiro atoms. The lowest BCUT2D eigenvalue weighted by Crippen LogP contribution is -2.26. The number of ether oxygens (including phenoxy) is 2. The van der Waals surface area contributed by atoms with Gasteiger partial charge in [-0.25, -0.2) is 9.59 Å². The van der Waals surface area contributed by atoms with Gasteiger partial charge in [-0.2, -0.15) is 0 Å². The molecule has 0 fully saturated rings. The van der Waals surface area contributed by atoms with Crippen molar-refractivity contribution in [2.75, 3.05) is 13.2 Å². The van der Waals surface area contributed by atoms with Crippen LogP contribution in [0, 0.1) is 11.8 Å². The van der Waals surface area contributed by atoms with Crippen LogP contribution in [0.1, 0.15) is 33.0 Å². The van der Waals surface area contributed by atoms with Crippen molar-refractivity contribution in [1.82, 2.24) is 5.32 Å². The number of carboxylic acid groups (broad SMARTS) is 1. The molecule has 4 rings (SSSR count). The molecule has 0 aliphatic heterocycles. The predicted molar refractivity (Wildman–Crippen MR) is 120 cm³/mol. The van der Waals surface area contributed by atoms with Gasteiger partial charge in [0, 0.05) is 11.5 Å². The van der Waals surface area contributed by atoms with Gasteiger partial charge in [-0.05, 0) is 40.5 Å². The number of rotatable bonds is 5. The average molecular weight is 481 g/mol. The second-order valence-corrected chi connectivity index (χ2v) is 7.54. The minimum absolute atomic E-state index is 0.0867. The second-order valence-electron chi connectivity index (χ2n) is 7.54. The summed E-state index contributed by atoms with van der Waals surface area (Å²) in [6.45, 7) is -0.00506. The molecule has 0 heterocycles. The summed E-state index contributed by atoms with van der Waals surface area (Å²) >= 11 is 0. The van der Waals surface area contributed by atoms with Crippen molar-refractivity contribution in [3.05, 3.63) is 89.0 Å². The summed E-state index contributed by atoms with van der Waals surface area (Å²) in [5, 5.41) is 11.5. The molecule has 35 heavy (non-hydrogen) atoms. The van der Waals surface area contributed by atoms with E-state index in [0.717, 1.165) is 34.4 Å². The summed E-state index contributed by atoms with van der Waals surface area (Å²) in [5.41, 5.74) is 3.79. The molecule has 0 saturated carbocycles. The van der Waals surface area contributed by atoms with Gasteiger partial charge in [0.2, 0.25) is 0 Å². The van der Waals surface area contributed by atoms with Gasteiger partial charge in [-0.15, -0.1) is 13.2 Å². The summed E-state index contributed by atoms with van der Waals surface area (Å²) in [6.07, 6.45) is -5.74. The fraction of sp³-hybridized carbons (Fsp3) is 0.154. The topological polar surface area (TPSA) is 84.9 Å². The second kappa shape index (κ2) is 9.81. The molecule has 2 N–H and O–H groups in total. The number of benzene rings is 3. The van der Waals surface area contributed by atoms with Gasteiger partial charge in [0.15, 0.2) is 0 Å². The summed E-state index contributed by atoms with van der Waals surface area (Å²) in [6, 6.07) is 18.9. The van der Waals surface area contributed by atoms with Crippen molar-refractivity contribution in [3.63, 3.8) is 0 Å². The fourth-order valence-electron chi connectivity index (χ4n) is 3.90. The molecule has 0 bridgehead atoms. The molecule has 0 atom stereocenters. The highest BCUT2D eigenvalue weighted by molar-refractivity contribution is 5.91. The SMILES string of the molecule is O=C(NCC#Cc1ccc(C(=O)O)c(OC(F)(F)F)c1)OCC1c2ccccc2-c2ccccc21. The molecule has 3 aromatic rings. The number of alkyl halides is 3. The van der Waals surface area contributed by atoms with Crippen LogP contribution in [0.4, 0.5) is 18.0 Å². The number of hydrogen-bond acceptors (Lipinski definition) is 4. The normalized spacial score (nSPS) is 12.1. The number of amides is 1. The van der Waals surface area contributed by atoms with E-state index in [-0.39, 0.29) is 24.6 Å². The van der Waals surface area contributed by atoms with Gasteiger partial charge >= 0.3 is 18.4 Å². The van der Waals surface area contributed by atoms with Gasteiger partial charge in [0.05, 0.1) is 6.54 Å². The minimum Gasteiger partial charge on any atom is -0.478 e. The fourth-order valence-corrected chi connectivity index (χ4v) is 3.90. The number of carbonyl (C=O) groups is 2. The highest BCUT2D eigenvalue weighted by Crippen LogP contribution is 2.44. The predicted octanol–water partition coefficient (Wildman–Crippen LogP) is 5.17. The molecule has 9 heteroatoms. The first-order chi connectivity index (χ1) is 16.7. The summed E-state index contributed by atoms with van der Waals surface area (Å²) < 4.78 is 46.8. The van der Waals surface area contributed by atoms with Crippen molar-refractivity contribution in [2.45, 2.75) is 12.3 Å². The highest BCUT2D eigenvalue weighted by atomic mass is 19.4. The van der Waals surface area contributed by atoms with Gasteiger partial charge < -0.3 is 19.9 Å². The standard InChI is InChI=1S/C26H18F3NO5/c27-26(28,29)35-23-14-16(11-12-21(23)24(31)32)6-5-13-30-25(33)34-15-22-19-9-3-1-7-17(19)18-8-2-4-10-20(18)22/h1-4,7-12,14,22H,13,15H2,(H,30,33)(H,31,32). The zero-order valence-corrected chi connectivity index (χ0v) is 18.1. The monoisotopic (exact) mass is 481 g/mol. The maximum absolute atomic E-state index is 12.5. The zero-order chi connectivity index (χ0) is 25.0. The largest absolute Gasteiger partial charge is 0.573 e. The molecule has 1 aliphatic carbocycles. The van der Waals surface area contributed by atoms with Crippen LogP contribution in [0.25, 0.3) is 11.1 Å². The molecular formula is C26H18F3NO5. The lowest BCUT2D eigenvalue weighted by molar-refractivity contribution is -0.274. The van der Waals surface area contributed by atoms with E-state index in [1.165, 1.54) is 6.07 Å². The number of fused-ring (bicyclic) bond motifs is 3. The van der Waals surface area contributed by atoms with Crippen molar-refractivity contribution in [3.8, 4) is 28.7 Å². The van der Waals surface area contributed by atoms with E-state index in [1.54, 1.807) is 0 Å². The smallest absolute Gasteiger partial charge is 0.478 e. The zero-order valence-electron chi connectivity index (χ0n) is 18.1. The minimum atomic E-state index is -5.05. The third-order valence-electron chi connectivity index (χ3n) is 5.34. The van der Waals surface area contributed by atoms with Crippen LogP contribution in [-0.4, -0.2) is 36.7 Å². The molecule has 0 unspecified atom stereocenters. The Balaban J connectivity index is 1.35. The first kappa shape index (κ1) is 23.7. The van der Waals surface area contributed by atoms with Crippen molar-refractivity contribution in [1.29, 1.82) is 0 Å². The van der Waals surface area contributed by atoms with E-state index < -0.39 is 29.7 Å². The quantitative estimate of drug-likeness (QED) is 0.491. The van der Waals surface area contributed by atoms with E-state index >= 15 is 0 Å². The Morgan fingerprint density at radius 3 is 2.20 bits per heavy atom. The van der Waals surface area contributed by atoms with Gasteiger partial charge in [-0.1, -0.05) is 60.4 Å². The number of carbonyl (C=O) groups excluding carboxylic acids is 1. The van der Waals surface area contributed by atoms with Crippen molar-refractivity contribution < 1.29 is 37.3 Å². The molecule has 0 aromatic heterocycles. The molecule has 6 nitrogen and oxygen atoms in total. The van der Waals surface area contributed by atoms with Gasteiger partial charge in [0.1, 0.15) is 17.9 Å². The molecule has 178 valence electrons. The van der Waals surface area contributed by atoms with Crippen LogP contribution in [0.5, 0.6) is 5.75 Å². The first-order valence-electron chi connectivity index (χ1n) is 10.4. The number of nitrogens with one attached hydrogen (secondary N) is 1. The van der Waals surface area contributed by atoms with Crippen LogP contribution in [0.3, 0.4) is 0 Å². The number of aromatic carboxylic acids is 1. The highest BCUT2D eigenvalue weighted by Gasteiger charge is 2.33. The Kier molecular flexibility index (Phi) is 6.64. The summed E-state index contributed by atoms with van der Waals surface area (Å²) in [5.74, 6) is 2.60. The lowest BCUT2D eigenvalue weighted by Gasteiger charge is -2.14. The molecule has 1 amide bonds. The Morgan fingerprint density at radius 1 is 0.971 bits per heavy atom. The molecule has 0 saturated heterocycles. The van der Waals surface area contributed by atoms with E-state index in [4.69, 9.17) is 9.84 Å². The molecule has 0 radical (unpaired) electrons. The van der Waals surface area contributed by atoms with E-state index in [2.05, 4.69) is 21.9 Å². The maximum atomic E-state index is 12.5. The van der Waals surface area contributed by atoms with Crippen LogP contribution < -0.4 is 10.1 Å². The molecule has 1 aliphatic rings.